The van der Waals surface area contributed by atoms with Crippen LogP contribution in [0.3, 0.4) is 0 Å². The van der Waals surface area contributed by atoms with Gasteiger partial charge in [-0.3, -0.25) is 0 Å². The molecular formula is C46H32N2. The number of nitrogens with zero attached hydrogens (tertiary/aromatic N) is 2. The summed E-state index contributed by atoms with van der Waals surface area (Å²) in [5.41, 5.74) is 9.75. The molecule has 0 saturated carbocycles. The van der Waals surface area contributed by atoms with Crippen LogP contribution in [0, 0.1) is 0 Å². The van der Waals surface area contributed by atoms with Gasteiger partial charge in [0.25, 0.3) is 0 Å². The number of allylic oxidation sites excluding steroid dienone is 4. The molecule has 226 valence electrons. The lowest BCUT2D eigenvalue weighted by atomic mass is 9.90. The van der Waals surface area contributed by atoms with Gasteiger partial charge < -0.3 is 0 Å². The maximum Gasteiger partial charge on any atom is 0.160 e. The first-order valence-corrected chi connectivity index (χ1v) is 16.7. The van der Waals surface area contributed by atoms with Gasteiger partial charge in [0.2, 0.25) is 0 Å². The van der Waals surface area contributed by atoms with Crippen LogP contribution >= 0.6 is 0 Å². The van der Waals surface area contributed by atoms with E-state index < -0.39 is 0 Å². The number of hydrogen-bond donors (Lipinski definition) is 0. The lowest BCUT2D eigenvalue weighted by molar-refractivity contribution is 1.04. The maximum absolute atomic E-state index is 5.22. The van der Waals surface area contributed by atoms with Crippen LogP contribution in [0.25, 0.3) is 82.9 Å². The van der Waals surface area contributed by atoms with Crippen molar-refractivity contribution in [2.75, 3.05) is 0 Å². The highest BCUT2D eigenvalue weighted by molar-refractivity contribution is 6.25. The number of rotatable bonds is 5. The van der Waals surface area contributed by atoms with Crippen molar-refractivity contribution in [1.29, 1.82) is 0 Å². The summed E-state index contributed by atoms with van der Waals surface area (Å²) in [4.78, 5) is 10.4. The molecule has 1 aliphatic rings. The Morgan fingerprint density at radius 3 is 1.71 bits per heavy atom. The summed E-state index contributed by atoms with van der Waals surface area (Å²) in [6.45, 7) is 0. The molecule has 0 atom stereocenters. The Balaban J connectivity index is 1.24. The lowest BCUT2D eigenvalue weighted by Gasteiger charge is -2.15. The fourth-order valence-electron chi connectivity index (χ4n) is 7.17. The molecule has 7 aromatic carbocycles. The first-order chi connectivity index (χ1) is 23.8. The van der Waals surface area contributed by atoms with Crippen LogP contribution in [-0.2, 0) is 0 Å². The Morgan fingerprint density at radius 1 is 0.375 bits per heavy atom. The Kier molecular flexibility index (Phi) is 6.98. The van der Waals surface area contributed by atoms with E-state index in [1.54, 1.807) is 0 Å². The molecule has 8 aromatic rings. The van der Waals surface area contributed by atoms with E-state index in [9.17, 15) is 0 Å². The third kappa shape index (κ3) is 4.99. The predicted octanol–water partition coefficient (Wildman–Crippen LogP) is 12.3. The third-order valence-corrected chi connectivity index (χ3v) is 9.50. The van der Waals surface area contributed by atoms with Crippen LogP contribution in [-0.4, -0.2) is 9.97 Å². The number of hydrogen-bond acceptors (Lipinski definition) is 2. The lowest BCUT2D eigenvalue weighted by Crippen LogP contribution is -1.97. The highest BCUT2D eigenvalue weighted by Gasteiger charge is 2.16. The third-order valence-electron chi connectivity index (χ3n) is 9.50. The van der Waals surface area contributed by atoms with E-state index in [4.69, 9.17) is 9.97 Å². The largest absolute Gasteiger partial charge is 0.228 e. The SMILES string of the molecule is C1=CC(c2cccc(-c3cc(-c4ccccc4-c4ccc5c6ccccc6c6ccccc6c5c4)nc(-c4ccccc4)n3)c2)=CCC1. The highest BCUT2D eigenvalue weighted by atomic mass is 14.9. The minimum Gasteiger partial charge on any atom is -0.228 e. The van der Waals surface area contributed by atoms with Gasteiger partial charge in [-0.15, -0.1) is 0 Å². The summed E-state index contributed by atoms with van der Waals surface area (Å²) >= 11 is 0. The van der Waals surface area contributed by atoms with Gasteiger partial charge in [0.05, 0.1) is 11.4 Å². The van der Waals surface area contributed by atoms with Gasteiger partial charge in [-0.25, -0.2) is 9.97 Å². The van der Waals surface area contributed by atoms with Crippen molar-refractivity contribution in [1.82, 2.24) is 9.97 Å². The van der Waals surface area contributed by atoms with Gasteiger partial charge in [0.1, 0.15) is 0 Å². The Bertz CT molecular complexity index is 2520. The molecular weight excluding hydrogens is 581 g/mol. The monoisotopic (exact) mass is 612 g/mol. The van der Waals surface area contributed by atoms with Crippen LogP contribution in [0.15, 0.2) is 170 Å². The Morgan fingerprint density at radius 2 is 0.979 bits per heavy atom. The van der Waals surface area contributed by atoms with E-state index in [1.807, 2.05) is 18.2 Å². The molecule has 0 amide bonds. The predicted molar refractivity (Wildman–Crippen MR) is 203 cm³/mol. The van der Waals surface area contributed by atoms with Crippen molar-refractivity contribution in [3.63, 3.8) is 0 Å². The molecule has 0 spiro atoms. The summed E-state index contributed by atoms with van der Waals surface area (Å²) in [5, 5.41) is 7.64. The Hall–Kier alpha value is -6.12. The number of benzene rings is 7. The van der Waals surface area contributed by atoms with E-state index in [1.165, 1.54) is 43.5 Å². The average Bonchev–Trinajstić information content (AvgIpc) is 3.18. The molecule has 0 saturated heterocycles. The molecule has 48 heavy (non-hydrogen) atoms. The fourth-order valence-corrected chi connectivity index (χ4v) is 7.17. The van der Waals surface area contributed by atoms with Crippen LogP contribution in [0.5, 0.6) is 0 Å². The summed E-state index contributed by atoms with van der Waals surface area (Å²) < 4.78 is 0. The smallest absolute Gasteiger partial charge is 0.160 e. The standard InChI is InChI=1S/C46H32N2/c1-3-14-31(15-4-1)33-18-13-19-35(28-33)44-30-45(48-46(47-44)32-16-5-2-6-17-32)42-25-12-7-20-36(42)34-26-27-41-39-23-9-8-21-37(39)38-22-10-11-24-40(38)43(41)29-34/h2-3,5-30H,1,4H2. The van der Waals surface area contributed by atoms with Crippen LogP contribution in [0.1, 0.15) is 18.4 Å². The quantitative estimate of drug-likeness (QED) is 0.181. The first kappa shape index (κ1) is 28.1. The summed E-state index contributed by atoms with van der Waals surface area (Å²) in [6, 6.07) is 54.2. The zero-order chi connectivity index (χ0) is 31.9. The van der Waals surface area contributed by atoms with E-state index in [0.29, 0.717) is 0 Å². The second-order valence-electron chi connectivity index (χ2n) is 12.4. The molecule has 1 heterocycles. The molecule has 0 N–H and O–H groups in total. The van der Waals surface area contributed by atoms with E-state index >= 15 is 0 Å². The highest BCUT2D eigenvalue weighted by Crippen LogP contribution is 2.40. The molecule has 2 heteroatoms. The van der Waals surface area contributed by atoms with Gasteiger partial charge in [-0.05, 0) is 85.6 Å². The van der Waals surface area contributed by atoms with E-state index in [2.05, 4.69) is 152 Å². The molecule has 2 nitrogen and oxygen atoms in total. The normalized spacial score (nSPS) is 12.9. The van der Waals surface area contributed by atoms with Crippen molar-refractivity contribution in [3.05, 3.63) is 175 Å². The van der Waals surface area contributed by atoms with Gasteiger partial charge in [-0.1, -0.05) is 152 Å². The molecule has 0 radical (unpaired) electrons. The van der Waals surface area contributed by atoms with Crippen LogP contribution in [0.4, 0.5) is 0 Å². The van der Waals surface area contributed by atoms with Crippen molar-refractivity contribution >= 4 is 37.9 Å². The van der Waals surface area contributed by atoms with E-state index in [0.717, 1.165) is 57.9 Å². The summed E-state index contributed by atoms with van der Waals surface area (Å²) in [7, 11) is 0. The molecule has 0 bridgehead atoms. The molecule has 9 rings (SSSR count). The van der Waals surface area contributed by atoms with Crippen molar-refractivity contribution in [2.24, 2.45) is 0 Å². The van der Waals surface area contributed by atoms with Gasteiger partial charge in [0.15, 0.2) is 5.82 Å². The fraction of sp³-hybridized carbons (Fsp3) is 0.0435. The Labute approximate surface area is 280 Å². The first-order valence-electron chi connectivity index (χ1n) is 16.7. The average molecular weight is 613 g/mol. The molecule has 0 unspecified atom stereocenters. The van der Waals surface area contributed by atoms with Crippen LogP contribution in [0.2, 0.25) is 0 Å². The minimum atomic E-state index is 0.719. The van der Waals surface area contributed by atoms with Crippen molar-refractivity contribution in [2.45, 2.75) is 12.8 Å². The van der Waals surface area contributed by atoms with Crippen LogP contribution < -0.4 is 0 Å². The summed E-state index contributed by atoms with van der Waals surface area (Å²) in [5.74, 6) is 0.719. The second kappa shape index (κ2) is 11.9. The summed E-state index contributed by atoms with van der Waals surface area (Å²) in [6.07, 6.45) is 8.99. The maximum atomic E-state index is 5.22. The minimum absolute atomic E-state index is 0.719. The zero-order valence-corrected chi connectivity index (χ0v) is 26.5. The van der Waals surface area contributed by atoms with E-state index in [-0.39, 0.29) is 0 Å². The second-order valence-corrected chi connectivity index (χ2v) is 12.4. The molecule has 1 aromatic heterocycles. The number of aromatic nitrogens is 2. The molecule has 0 aliphatic heterocycles. The topological polar surface area (TPSA) is 25.8 Å². The van der Waals surface area contributed by atoms with Crippen molar-refractivity contribution in [3.8, 4) is 45.0 Å². The molecule has 1 aliphatic carbocycles. The van der Waals surface area contributed by atoms with Crippen molar-refractivity contribution < 1.29 is 0 Å². The van der Waals surface area contributed by atoms with Gasteiger partial charge >= 0.3 is 0 Å². The number of fused-ring (bicyclic) bond motifs is 6. The zero-order valence-electron chi connectivity index (χ0n) is 26.5. The van der Waals surface area contributed by atoms with Gasteiger partial charge in [0, 0.05) is 16.7 Å². The molecule has 0 fully saturated rings. The van der Waals surface area contributed by atoms with Gasteiger partial charge in [-0.2, -0.15) is 0 Å².